The second-order valence-corrected chi connectivity index (χ2v) is 1.41. The standard InChI is InChI=1S/Li.H3O4P.Rb/c;1-5(2,3)4;/h;(H3,1,2,3,4);/q+1;;+1/p-2. The molecule has 0 fully saturated rings. The number of hydrogen-bond donors (Lipinski definition) is 1. The van der Waals surface area contributed by atoms with Crippen molar-refractivity contribution in [2.45, 2.75) is 0 Å². The first-order valence-electron chi connectivity index (χ1n) is 0.748. The Bertz CT molecular complexity index is 57.8. The van der Waals surface area contributed by atoms with Crippen LogP contribution in [0.2, 0.25) is 0 Å². The second-order valence-electron chi connectivity index (χ2n) is 0.469. The Morgan fingerprint density at radius 2 is 1.43 bits per heavy atom. The van der Waals surface area contributed by atoms with Crippen LogP contribution in [-0.4, -0.2) is 4.89 Å². The SMILES string of the molecule is O=P([O-])([O-])O.[Li+].[Rb+]. The maximum Gasteiger partial charge on any atom is 1.00 e. The summed E-state index contributed by atoms with van der Waals surface area (Å²) in [4.78, 5) is 24.3. The maximum atomic E-state index is 8.66. The van der Waals surface area contributed by atoms with E-state index in [1.807, 2.05) is 0 Å². The first-order valence-corrected chi connectivity index (χ1v) is 2.24. The molecule has 0 atom stereocenters. The van der Waals surface area contributed by atoms with Crippen LogP contribution in [0.3, 0.4) is 0 Å². The molecule has 0 spiro atoms. The van der Waals surface area contributed by atoms with Gasteiger partial charge in [-0.05, 0) is 0 Å². The van der Waals surface area contributed by atoms with Gasteiger partial charge in [-0.25, -0.2) is 0 Å². The summed E-state index contributed by atoms with van der Waals surface area (Å²) < 4.78 is 8.66. The number of phosphoric acid groups is 1. The van der Waals surface area contributed by atoms with Crippen LogP contribution < -0.4 is 86.8 Å². The van der Waals surface area contributed by atoms with Crippen LogP contribution in [-0.2, 0) is 4.57 Å². The van der Waals surface area contributed by atoms with Crippen LogP contribution in [0.4, 0.5) is 0 Å². The topological polar surface area (TPSA) is 83.4 Å². The van der Waals surface area contributed by atoms with Gasteiger partial charge in [0.1, 0.15) is 0 Å². The predicted octanol–water partition coefficient (Wildman–Crippen LogP) is -8.18. The van der Waals surface area contributed by atoms with Gasteiger partial charge in [-0.1, -0.05) is 0 Å². The molecule has 0 aromatic rings. The van der Waals surface area contributed by atoms with Crippen molar-refractivity contribution in [2.24, 2.45) is 0 Å². The molecular formula is HLiO4PRb. The summed E-state index contributed by atoms with van der Waals surface area (Å²) in [5, 5.41) is 0. The van der Waals surface area contributed by atoms with E-state index in [1.165, 1.54) is 0 Å². The molecule has 0 heterocycles. The van der Waals surface area contributed by atoms with Crippen LogP contribution in [0.5, 0.6) is 0 Å². The molecule has 0 radical (unpaired) electrons. The average molecular weight is 188 g/mol. The second kappa shape index (κ2) is 6.63. The summed E-state index contributed by atoms with van der Waals surface area (Å²) in [5.41, 5.74) is 0. The van der Waals surface area contributed by atoms with Crippen LogP contribution in [0.15, 0.2) is 0 Å². The zero-order chi connectivity index (χ0) is 4.50. The third-order valence-corrected chi connectivity index (χ3v) is 0. The van der Waals surface area contributed by atoms with Crippen LogP contribution in [0.1, 0.15) is 0 Å². The molecule has 0 saturated heterocycles. The number of hydrogen-bond acceptors (Lipinski definition) is 3. The fourth-order valence-corrected chi connectivity index (χ4v) is 0. The van der Waals surface area contributed by atoms with E-state index in [2.05, 4.69) is 0 Å². The van der Waals surface area contributed by atoms with Crippen molar-refractivity contribution in [3.8, 4) is 0 Å². The van der Waals surface area contributed by atoms with E-state index in [4.69, 9.17) is 19.2 Å². The molecule has 32 valence electrons. The van der Waals surface area contributed by atoms with Gasteiger partial charge in [0.25, 0.3) is 0 Å². The van der Waals surface area contributed by atoms with Crippen molar-refractivity contribution in [2.75, 3.05) is 0 Å². The molecule has 0 aliphatic heterocycles. The Kier molecular flexibility index (Phi) is 15.4. The van der Waals surface area contributed by atoms with E-state index in [0.717, 1.165) is 0 Å². The third-order valence-electron chi connectivity index (χ3n) is 0. The molecule has 0 bridgehead atoms. The Morgan fingerprint density at radius 3 is 1.43 bits per heavy atom. The molecular weight excluding hydrogens is 187 g/mol. The van der Waals surface area contributed by atoms with E-state index >= 15 is 0 Å². The molecule has 0 saturated carbocycles. The fourth-order valence-electron chi connectivity index (χ4n) is 0. The van der Waals surface area contributed by atoms with Crippen molar-refractivity contribution in [1.82, 2.24) is 0 Å². The van der Waals surface area contributed by atoms with E-state index in [1.54, 1.807) is 0 Å². The minimum atomic E-state index is -5.14. The molecule has 4 nitrogen and oxygen atoms in total. The molecule has 1 N–H and O–H groups in total. The minimum absolute atomic E-state index is 0. The smallest absolute Gasteiger partial charge is 0.790 e. The van der Waals surface area contributed by atoms with Gasteiger partial charge in [0, 0.05) is 0 Å². The molecule has 0 unspecified atom stereocenters. The van der Waals surface area contributed by atoms with Gasteiger partial charge in [0.15, 0.2) is 0 Å². The molecule has 0 rings (SSSR count). The Balaban J connectivity index is -0.0000000800. The van der Waals surface area contributed by atoms with Gasteiger partial charge in [0.05, 0.1) is 7.82 Å². The summed E-state index contributed by atoms with van der Waals surface area (Å²) in [7, 11) is -5.14. The quantitative estimate of drug-likeness (QED) is 0.302. The Labute approximate surface area is 102 Å². The summed E-state index contributed by atoms with van der Waals surface area (Å²) in [6.07, 6.45) is 0. The predicted molar refractivity (Wildman–Crippen MR) is 9.83 cm³/mol. The molecule has 0 aliphatic rings. The molecule has 0 amide bonds. The fraction of sp³-hybridized carbons (Fsp3) is 0. The Morgan fingerprint density at radius 1 is 1.43 bits per heavy atom. The summed E-state index contributed by atoms with van der Waals surface area (Å²) >= 11 is 0. The van der Waals surface area contributed by atoms with Gasteiger partial charge < -0.3 is 19.2 Å². The molecule has 0 aliphatic carbocycles. The van der Waals surface area contributed by atoms with Crippen molar-refractivity contribution in [1.29, 1.82) is 0 Å². The van der Waals surface area contributed by atoms with Gasteiger partial charge >= 0.3 is 77.0 Å². The van der Waals surface area contributed by atoms with Gasteiger partial charge in [-0.2, -0.15) is 0 Å². The van der Waals surface area contributed by atoms with Crippen molar-refractivity contribution in [3.05, 3.63) is 0 Å². The van der Waals surface area contributed by atoms with E-state index in [9.17, 15) is 0 Å². The zero-order valence-electron chi connectivity index (χ0n) is 4.12. The third kappa shape index (κ3) is 57.2. The summed E-state index contributed by atoms with van der Waals surface area (Å²) in [6.45, 7) is 0. The molecule has 0 aromatic heterocycles. The van der Waals surface area contributed by atoms with E-state index < -0.39 is 7.82 Å². The van der Waals surface area contributed by atoms with Gasteiger partial charge in [-0.15, -0.1) is 0 Å². The Hall–Kier alpha value is 2.51. The zero-order valence-corrected chi connectivity index (χ0v) is 9.93. The average Bonchev–Trinajstić information content (AvgIpc) is 0.722. The van der Waals surface area contributed by atoms with Gasteiger partial charge in [0.2, 0.25) is 0 Å². The summed E-state index contributed by atoms with van der Waals surface area (Å²) in [6, 6.07) is 0. The van der Waals surface area contributed by atoms with Crippen LogP contribution in [0, 0.1) is 0 Å². The van der Waals surface area contributed by atoms with Gasteiger partial charge in [-0.3, -0.25) is 0 Å². The summed E-state index contributed by atoms with van der Waals surface area (Å²) in [5.74, 6) is 0. The largest absolute Gasteiger partial charge is 1.00 e. The van der Waals surface area contributed by atoms with Crippen molar-refractivity contribution >= 4 is 7.82 Å². The normalized spacial score (nSPS) is 8.43. The van der Waals surface area contributed by atoms with E-state index in [-0.39, 0.29) is 77.0 Å². The van der Waals surface area contributed by atoms with Crippen molar-refractivity contribution in [3.63, 3.8) is 0 Å². The van der Waals surface area contributed by atoms with Crippen LogP contribution >= 0.6 is 7.82 Å². The molecule has 0 aromatic carbocycles. The van der Waals surface area contributed by atoms with E-state index in [0.29, 0.717) is 0 Å². The first kappa shape index (κ1) is 16.3. The minimum Gasteiger partial charge on any atom is -0.790 e. The monoisotopic (exact) mass is 188 g/mol. The van der Waals surface area contributed by atoms with Crippen molar-refractivity contribution < 1.29 is 96.3 Å². The molecule has 7 heteroatoms. The molecule has 7 heavy (non-hydrogen) atoms. The number of rotatable bonds is 0. The van der Waals surface area contributed by atoms with Crippen LogP contribution in [0.25, 0.3) is 0 Å². The first-order chi connectivity index (χ1) is 2.00. The maximum absolute atomic E-state index is 8.66.